The van der Waals surface area contributed by atoms with Crippen LogP contribution in [0.3, 0.4) is 0 Å². The van der Waals surface area contributed by atoms with E-state index in [1.54, 1.807) is 0 Å². The number of carboxylic acid groups (broad SMARTS) is 1. The molecule has 0 saturated heterocycles. The quantitative estimate of drug-likeness (QED) is 0.866. The smallest absolute Gasteiger partial charge is 0.335 e. The molecule has 4 nitrogen and oxygen atoms in total. The molecule has 5 heteroatoms. The second kappa shape index (κ2) is 5.28. The SMILES string of the molecule is Cc1cccc(C)c1Oc1cc(C(=O)O)cc(Cl)n1. The van der Waals surface area contributed by atoms with Crippen molar-refractivity contribution in [1.29, 1.82) is 0 Å². The first-order valence-electron chi connectivity index (χ1n) is 5.62. The maximum Gasteiger partial charge on any atom is 0.335 e. The lowest BCUT2D eigenvalue weighted by Crippen LogP contribution is -1.99. The van der Waals surface area contributed by atoms with Gasteiger partial charge in [0.1, 0.15) is 10.9 Å². The summed E-state index contributed by atoms with van der Waals surface area (Å²) in [5, 5.41) is 9.05. The average molecular weight is 278 g/mol. The lowest BCUT2D eigenvalue weighted by molar-refractivity contribution is 0.0696. The molecule has 0 amide bonds. The number of aryl methyl sites for hydroxylation is 2. The molecule has 0 unspecified atom stereocenters. The van der Waals surface area contributed by atoms with Crippen molar-refractivity contribution in [3.63, 3.8) is 0 Å². The third-order valence-corrected chi connectivity index (χ3v) is 2.83. The fourth-order valence-corrected chi connectivity index (χ4v) is 1.91. The van der Waals surface area contributed by atoms with Gasteiger partial charge in [-0.1, -0.05) is 29.8 Å². The van der Waals surface area contributed by atoms with E-state index in [2.05, 4.69) is 4.98 Å². The van der Waals surface area contributed by atoms with E-state index in [1.165, 1.54) is 12.1 Å². The number of hydrogen-bond donors (Lipinski definition) is 1. The molecule has 0 spiro atoms. The number of benzene rings is 1. The van der Waals surface area contributed by atoms with Gasteiger partial charge in [-0.05, 0) is 31.0 Å². The number of aromatic nitrogens is 1. The molecule has 19 heavy (non-hydrogen) atoms. The van der Waals surface area contributed by atoms with E-state index in [9.17, 15) is 4.79 Å². The van der Waals surface area contributed by atoms with Gasteiger partial charge in [0.2, 0.25) is 5.88 Å². The van der Waals surface area contributed by atoms with Gasteiger partial charge in [0.05, 0.1) is 5.56 Å². The van der Waals surface area contributed by atoms with Crippen LogP contribution in [0.25, 0.3) is 0 Å². The van der Waals surface area contributed by atoms with Gasteiger partial charge in [0.25, 0.3) is 0 Å². The minimum atomic E-state index is -1.07. The van der Waals surface area contributed by atoms with Gasteiger partial charge >= 0.3 is 5.97 Å². The van der Waals surface area contributed by atoms with Gasteiger partial charge in [-0.25, -0.2) is 9.78 Å². The van der Waals surface area contributed by atoms with Crippen LogP contribution in [0.1, 0.15) is 21.5 Å². The highest BCUT2D eigenvalue weighted by molar-refractivity contribution is 6.29. The molecule has 98 valence electrons. The summed E-state index contributed by atoms with van der Waals surface area (Å²) in [5.41, 5.74) is 1.93. The van der Waals surface area contributed by atoms with Crippen molar-refractivity contribution < 1.29 is 14.6 Å². The first-order valence-corrected chi connectivity index (χ1v) is 6.00. The van der Waals surface area contributed by atoms with Crippen molar-refractivity contribution in [3.05, 3.63) is 52.2 Å². The molecule has 0 aliphatic rings. The van der Waals surface area contributed by atoms with Crippen molar-refractivity contribution in [1.82, 2.24) is 4.98 Å². The van der Waals surface area contributed by atoms with Crippen LogP contribution in [0.2, 0.25) is 5.15 Å². The number of nitrogens with zero attached hydrogens (tertiary/aromatic N) is 1. The van der Waals surface area contributed by atoms with Gasteiger partial charge in [-0.2, -0.15) is 0 Å². The van der Waals surface area contributed by atoms with Crippen LogP contribution in [0.4, 0.5) is 0 Å². The topological polar surface area (TPSA) is 59.4 Å². The number of hydrogen-bond acceptors (Lipinski definition) is 3. The summed E-state index contributed by atoms with van der Waals surface area (Å²) in [6.07, 6.45) is 0. The molecule has 2 aromatic rings. The second-order valence-corrected chi connectivity index (χ2v) is 4.53. The zero-order chi connectivity index (χ0) is 14.0. The summed E-state index contributed by atoms with van der Waals surface area (Å²) in [5.74, 6) is -0.244. The van der Waals surface area contributed by atoms with E-state index in [1.807, 2.05) is 32.0 Å². The fraction of sp³-hybridized carbons (Fsp3) is 0.143. The van der Waals surface area contributed by atoms with Gasteiger partial charge in [-0.15, -0.1) is 0 Å². The first-order chi connectivity index (χ1) is 8.97. The van der Waals surface area contributed by atoms with Crippen LogP contribution in [0.5, 0.6) is 11.6 Å². The normalized spacial score (nSPS) is 10.3. The summed E-state index contributed by atoms with van der Waals surface area (Å²) >= 11 is 5.79. The average Bonchev–Trinajstić information content (AvgIpc) is 2.33. The Kier molecular flexibility index (Phi) is 3.71. The lowest BCUT2D eigenvalue weighted by Gasteiger charge is -2.11. The summed E-state index contributed by atoms with van der Waals surface area (Å²) in [6, 6.07) is 8.36. The fourth-order valence-electron chi connectivity index (χ4n) is 1.71. The van der Waals surface area contributed by atoms with E-state index >= 15 is 0 Å². The Balaban J connectivity index is 2.41. The molecule has 0 saturated carbocycles. The predicted octanol–water partition coefficient (Wildman–Crippen LogP) is 3.84. The molecule has 2 rings (SSSR count). The van der Waals surface area contributed by atoms with Crippen molar-refractivity contribution in [3.8, 4) is 11.6 Å². The maximum absolute atomic E-state index is 10.9. The van der Waals surface area contributed by atoms with E-state index in [-0.39, 0.29) is 16.6 Å². The van der Waals surface area contributed by atoms with Crippen LogP contribution in [0, 0.1) is 13.8 Å². The molecular formula is C14H12ClNO3. The minimum Gasteiger partial charge on any atom is -0.478 e. The van der Waals surface area contributed by atoms with Crippen molar-refractivity contribution in [2.24, 2.45) is 0 Å². The Morgan fingerprint density at radius 2 is 1.89 bits per heavy atom. The highest BCUT2D eigenvalue weighted by Gasteiger charge is 2.11. The summed E-state index contributed by atoms with van der Waals surface area (Å²) in [6.45, 7) is 3.82. The van der Waals surface area contributed by atoms with Crippen LogP contribution < -0.4 is 4.74 Å². The molecule has 0 atom stereocenters. The second-order valence-electron chi connectivity index (χ2n) is 4.14. The number of halogens is 1. The molecule has 1 heterocycles. The summed E-state index contributed by atoms with van der Waals surface area (Å²) < 4.78 is 5.65. The third-order valence-electron chi connectivity index (χ3n) is 2.63. The lowest BCUT2D eigenvalue weighted by atomic mass is 10.1. The summed E-state index contributed by atoms with van der Waals surface area (Å²) in [7, 11) is 0. The number of carboxylic acids is 1. The Hall–Kier alpha value is -2.07. The summed E-state index contributed by atoms with van der Waals surface area (Å²) in [4.78, 5) is 14.9. The Bertz CT molecular complexity index is 620. The van der Waals surface area contributed by atoms with Crippen LogP contribution in [-0.2, 0) is 0 Å². The number of para-hydroxylation sites is 1. The van der Waals surface area contributed by atoms with Crippen molar-refractivity contribution >= 4 is 17.6 Å². The van der Waals surface area contributed by atoms with Crippen molar-refractivity contribution in [2.45, 2.75) is 13.8 Å². The van der Waals surface area contributed by atoms with Crippen LogP contribution >= 0.6 is 11.6 Å². The molecule has 1 aromatic carbocycles. The molecule has 1 N–H and O–H groups in total. The van der Waals surface area contributed by atoms with E-state index in [4.69, 9.17) is 21.4 Å². The van der Waals surface area contributed by atoms with Gasteiger partial charge < -0.3 is 9.84 Å². The molecule has 0 aliphatic carbocycles. The number of carbonyl (C=O) groups is 1. The van der Waals surface area contributed by atoms with E-state index in [0.29, 0.717) is 5.75 Å². The molecule has 0 aliphatic heterocycles. The minimum absolute atomic E-state index is 0.0428. The van der Waals surface area contributed by atoms with Crippen molar-refractivity contribution in [2.75, 3.05) is 0 Å². The molecule has 0 radical (unpaired) electrons. The van der Waals surface area contributed by atoms with E-state index < -0.39 is 5.97 Å². The Labute approximate surface area is 115 Å². The van der Waals surface area contributed by atoms with Gasteiger partial charge in [-0.3, -0.25) is 0 Å². The number of pyridine rings is 1. The third kappa shape index (κ3) is 3.03. The molecular weight excluding hydrogens is 266 g/mol. The van der Waals surface area contributed by atoms with Crippen LogP contribution in [0.15, 0.2) is 30.3 Å². The number of ether oxygens (including phenoxy) is 1. The largest absolute Gasteiger partial charge is 0.478 e. The van der Waals surface area contributed by atoms with Gasteiger partial charge in [0, 0.05) is 6.07 Å². The molecule has 0 fully saturated rings. The standard InChI is InChI=1S/C14H12ClNO3/c1-8-4-3-5-9(2)13(8)19-12-7-10(14(17)18)6-11(15)16-12/h3-7H,1-2H3,(H,17,18). The number of aromatic carboxylic acids is 1. The zero-order valence-corrected chi connectivity index (χ0v) is 11.2. The maximum atomic E-state index is 10.9. The number of rotatable bonds is 3. The Morgan fingerprint density at radius 1 is 1.26 bits per heavy atom. The van der Waals surface area contributed by atoms with Gasteiger partial charge in [0.15, 0.2) is 0 Å². The predicted molar refractivity (Wildman–Crippen MR) is 72.2 cm³/mol. The molecule has 0 bridgehead atoms. The molecule has 1 aromatic heterocycles. The highest BCUT2D eigenvalue weighted by atomic mass is 35.5. The van der Waals surface area contributed by atoms with E-state index in [0.717, 1.165) is 11.1 Å². The van der Waals surface area contributed by atoms with Crippen LogP contribution in [-0.4, -0.2) is 16.1 Å². The first kappa shape index (κ1) is 13.4. The zero-order valence-electron chi connectivity index (χ0n) is 10.5. The monoisotopic (exact) mass is 277 g/mol. The highest BCUT2D eigenvalue weighted by Crippen LogP contribution is 2.28. The Morgan fingerprint density at radius 3 is 2.47 bits per heavy atom.